The second kappa shape index (κ2) is 3.63. The van der Waals surface area contributed by atoms with Crippen LogP contribution in [0.4, 0.5) is 4.39 Å². The molecule has 0 atom stereocenters. The van der Waals surface area contributed by atoms with E-state index in [0.29, 0.717) is 0 Å². The number of benzene rings is 1. The van der Waals surface area contributed by atoms with Gasteiger partial charge in [0.05, 0.1) is 0 Å². The van der Waals surface area contributed by atoms with Gasteiger partial charge in [-0.3, -0.25) is 0 Å². The second-order valence-electron chi connectivity index (χ2n) is 4.33. The van der Waals surface area contributed by atoms with Crippen LogP contribution in [-0.4, -0.2) is 13.1 Å². The molecule has 0 aliphatic carbocycles. The Morgan fingerprint density at radius 1 is 1.50 bits per heavy atom. The third-order valence-corrected chi connectivity index (χ3v) is 3.22. The van der Waals surface area contributed by atoms with E-state index >= 15 is 0 Å². The summed E-state index contributed by atoms with van der Waals surface area (Å²) in [5.41, 5.74) is 1.05. The third-order valence-electron chi connectivity index (χ3n) is 2.73. The maximum Gasteiger partial charge on any atom is 0.126 e. The molecule has 1 saturated heterocycles. The van der Waals surface area contributed by atoms with Gasteiger partial charge in [-0.25, -0.2) is 4.39 Å². The van der Waals surface area contributed by atoms with E-state index in [1.54, 1.807) is 6.07 Å². The van der Waals surface area contributed by atoms with Crippen molar-refractivity contribution in [1.82, 2.24) is 5.32 Å². The molecule has 1 aromatic rings. The van der Waals surface area contributed by atoms with Crippen LogP contribution in [0, 0.1) is 11.2 Å². The second-order valence-corrected chi connectivity index (χ2v) is 5.24. The van der Waals surface area contributed by atoms with Gasteiger partial charge in [0, 0.05) is 17.6 Å². The largest absolute Gasteiger partial charge is 0.316 e. The van der Waals surface area contributed by atoms with Crippen molar-refractivity contribution in [2.45, 2.75) is 13.3 Å². The van der Waals surface area contributed by atoms with Gasteiger partial charge in [0.2, 0.25) is 0 Å². The van der Waals surface area contributed by atoms with Gasteiger partial charge in [0.15, 0.2) is 0 Å². The molecule has 0 bridgehead atoms. The minimum absolute atomic E-state index is 0.0960. The SMILES string of the molecule is CC1(Cc2cc(Br)ccc2F)CNC1. The predicted octanol–water partition coefficient (Wildman–Crippen LogP) is 2.74. The summed E-state index contributed by atoms with van der Waals surface area (Å²) in [5.74, 6) is -0.0960. The van der Waals surface area contributed by atoms with Gasteiger partial charge < -0.3 is 5.32 Å². The van der Waals surface area contributed by atoms with Crippen LogP contribution in [0.5, 0.6) is 0 Å². The molecule has 0 spiro atoms. The molecule has 1 aliphatic heterocycles. The molecule has 1 fully saturated rings. The van der Waals surface area contributed by atoms with E-state index < -0.39 is 0 Å². The number of hydrogen-bond donors (Lipinski definition) is 1. The maximum atomic E-state index is 13.4. The van der Waals surface area contributed by atoms with Crippen LogP contribution in [0.3, 0.4) is 0 Å². The summed E-state index contributed by atoms with van der Waals surface area (Å²) in [6.07, 6.45) is 0.811. The number of rotatable bonds is 2. The quantitative estimate of drug-likeness (QED) is 0.860. The molecule has 1 N–H and O–H groups in total. The number of nitrogens with one attached hydrogen (secondary N) is 1. The molecule has 1 nitrogen and oxygen atoms in total. The van der Waals surface area contributed by atoms with Crippen molar-refractivity contribution in [2.24, 2.45) is 5.41 Å². The zero-order valence-electron chi connectivity index (χ0n) is 8.11. The van der Waals surface area contributed by atoms with E-state index in [-0.39, 0.29) is 11.2 Å². The molecule has 1 aromatic carbocycles. The molecule has 14 heavy (non-hydrogen) atoms. The molecule has 0 amide bonds. The van der Waals surface area contributed by atoms with Crippen LogP contribution in [-0.2, 0) is 6.42 Å². The van der Waals surface area contributed by atoms with E-state index in [4.69, 9.17) is 0 Å². The van der Waals surface area contributed by atoms with Gasteiger partial charge in [0.1, 0.15) is 5.82 Å². The molecular formula is C11H13BrFN. The minimum atomic E-state index is -0.0960. The molecule has 0 saturated carbocycles. The lowest BCUT2D eigenvalue weighted by Crippen LogP contribution is -2.52. The van der Waals surface area contributed by atoms with Crippen LogP contribution < -0.4 is 5.32 Å². The summed E-state index contributed by atoms with van der Waals surface area (Å²) in [4.78, 5) is 0. The Morgan fingerprint density at radius 2 is 2.21 bits per heavy atom. The van der Waals surface area contributed by atoms with Crippen LogP contribution in [0.15, 0.2) is 22.7 Å². The van der Waals surface area contributed by atoms with Gasteiger partial charge in [-0.2, -0.15) is 0 Å². The zero-order valence-corrected chi connectivity index (χ0v) is 9.70. The van der Waals surface area contributed by atoms with E-state index in [1.807, 2.05) is 6.07 Å². The van der Waals surface area contributed by atoms with Crippen LogP contribution in [0.25, 0.3) is 0 Å². The molecule has 1 heterocycles. The lowest BCUT2D eigenvalue weighted by atomic mass is 9.78. The molecule has 0 aromatic heterocycles. The first-order valence-electron chi connectivity index (χ1n) is 4.74. The van der Waals surface area contributed by atoms with Crippen LogP contribution >= 0.6 is 15.9 Å². The van der Waals surface area contributed by atoms with Gasteiger partial charge >= 0.3 is 0 Å². The summed E-state index contributed by atoms with van der Waals surface area (Å²) < 4.78 is 14.4. The first-order chi connectivity index (χ1) is 6.59. The fourth-order valence-corrected chi connectivity index (χ4v) is 2.22. The average Bonchev–Trinajstić information content (AvgIpc) is 2.09. The fraction of sp³-hybridized carbons (Fsp3) is 0.455. The highest BCUT2D eigenvalue weighted by Gasteiger charge is 2.32. The summed E-state index contributed by atoms with van der Waals surface area (Å²) in [5, 5.41) is 3.22. The van der Waals surface area contributed by atoms with Gasteiger partial charge in [-0.15, -0.1) is 0 Å². The Hall–Kier alpha value is -0.410. The highest BCUT2D eigenvalue weighted by Crippen LogP contribution is 2.28. The van der Waals surface area contributed by atoms with E-state index in [1.165, 1.54) is 6.07 Å². The highest BCUT2D eigenvalue weighted by molar-refractivity contribution is 9.10. The monoisotopic (exact) mass is 257 g/mol. The van der Waals surface area contributed by atoms with Crippen molar-refractivity contribution in [1.29, 1.82) is 0 Å². The van der Waals surface area contributed by atoms with Crippen molar-refractivity contribution in [2.75, 3.05) is 13.1 Å². The summed E-state index contributed by atoms with van der Waals surface area (Å²) in [7, 11) is 0. The lowest BCUT2D eigenvalue weighted by Gasteiger charge is -2.39. The first kappa shape index (κ1) is 10.1. The average molecular weight is 258 g/mol. The van der Waals surface area contributed by atoms with Crippen LogP contribution in [0.2, 0.25) is 0 Å². The highest BCUT2D eigenvalue weighted by atomic mass is 79.9. The van der Waals surface area contributed by atoms with E-state index in [2.05, 4.69) is 28.2 Å². The van der Waals surface area contributed by atoms with E-state index in [0.717, 1.165) is 29.5 Å². The summed E-state index contributed by atoms with van der Waals surface area (Å²) in [6.45, 7) is 4.15. The van der Waals surface area contributed by atoms with Gasteiger partial charge in [0.25, 0.3) is 0 Å². The van der Waals surface area contributed by atoms with Crippen molar-refractivity contribution in [3.63, 3.8) is 0 Å². The minimum Gasteiger partial charge on any atom is -0.316 e. The molecule has 1 aliphatic rings. The Kier molecular flexibility index (Phi) is 2.62. The lowest BCUT2D eigenvalue weighted by molar-refractivity contribution is 0.193. The van der Waals surface area contributed by atoms with Crippen molar-refractivity contribution < 1.29 is 4.39 Å². The van der Waals surface area contributed by atoms with Crippen molar-refractivity contribution in [3.8, 4) is 0 Å². The van der Waals surface area contributed by atoms with Crippen molar-refractivity contribution >= 4 is 15.9 Å². The molecule has 3 heteroatoms. The number of hydrogen-bond acceptors (Lipinski definition) is 1. The first-order valence-corrected chi connectivity index (χ1v) is 5.53. The van der Waals surface area contributed by atoms with E-state index in [9.17, 15) is 4.39 Å². The van der Waals surface area contributed by atoms with Gasteiger partial charge in [-0.1, -0.05) is 22.9 Å². The fourth-order valence-electron chi connectivity index (χ4n) is 1.82. The normalized spacial score (nSPS) is 19.1. The smallest absolute Gasteiger partial charge is 0.126 e. The Labute approximate surface area is 91.8 Å². The molecule has 2 rings (SSSR count). The topological polar surface area (TPSA) is 12.0 Å². The Bertz CT molecular complexity index is 347. The molecular weight excluding hydrogens is 245 g/mol. The summed E-state index contributed by atoms with van der Waals surface area (Å²) >= 11 is 3.36. The Balaban J connectivity index is 2.19. The molecule has 0 radical (unpaired) electrons. The zero-order chi connectivity index (χ0) is 10.2. The predicted molar refractivity (Wildman–Crippen MR) is 58.8 cm³/mol. The Morgan fingerprint density at radius 3 is 2.79 bits per heavy atom. The third kappa shape index (κ3) is 1.98. The number of halogens is 2. The maximum absolute atomic E-state index is 13.4. The standard InChI is InChI=1S/C11H13BrFN/c1-11(6-14-7-11)5-8-4-9(12)2-3-10(8)13/h2-4,14H,5-7H2,1H3. The van der Waals surface area contributed by atoms with Crippen LogP contribution in [0.1, 0.15) is 12.5 Å². The van der Waals surface area contributed by atoms with Crippen molar-refractivity contribution in [3.05, 3.63) is 34.1 Å². The molecule has 0 unspecified atom stereocenters. The summed E-state index contributed by atoms with van der Waals surface area (Å²) in [6, 6.07) is 5.13. The molecule has 76 valence electrons. The van der Waals surface area contributed by atoms with Gasteiger partial charge in [-0.05, 0) is 35.6 Å².